The van der Waals surface area contributed by atoms with Crippen LogP contribution >= 0.6 is 15.9 Å². The lowest BCUT2D eigenvalue weighted by molar-refractivity contribution is -0.384. The van der Waals surface area contributed by atoms with E-state index in [9.17, 15) is 19.3 Å². The Kier molecular flexibility index (Phi) is 5.87. The van der Waals surface area contributed by atoms with Gasteiger partial charge < -0.3 is 9.64 Å². The summed E-state index contributed by atoms with van der Waals surface area (Å²) in [6.45, 7) is 2.48. The predicted octanol–water partition coefficient (Wildman–Crippen LogP) is 2.89. The summed E-state index contributed by atoms with van der Waals surface area (Å²) in [5.74, 6) is -1.11. The number of benzene rings is 1. The average molecular weight is 349 g/mol. The Bertz CT molecular complexity index is 524. The van der Waals surface area contributed by atoms with Crippen LogP contribution in [0.4, 0.5) is 15.8 Å². The quantitative estimate of drug-likeness (QED) is 0.449. The number of methoxy groups -OCH3 is 1. The van der Waals surface area contributed by atoms with Gasteiger partial charge in [-0.05, 0) is 28.9 Å². The molecule has 0 bridgehead atoms. The van der Waals surface area contributed by atoms with Gasteiger partial charge in [0.25, 0.3) is 5.69 Å². The van der Waals surface area contributed by atoms with E-state index in [0.29, 0.717) is 6.54 Å². The van der Waals surface area contributed by atoms with Crippen molar-refractivity contribution in [2.45, 2.75) is 13.3 Å². The Balaban J connectivity index is 3.10. The van der Waals surface area contributed by atoms with E-state index in [0.717, 1.165) is 6.07 Å². The second-order valence-electron chi connectivity index (χ2n) is 3.92. The molecule has 0 aromatic heterocycles. The molecule has 0 aliphatic heterocycles. The van der Waals surface area contributed by atoms with E-state index in [4.69, 9.17) is 0 Å². The zero-order chi connectivity index (χ0) is 15.3. The van der Waals surface area contributed by atoms with E-state index in [1.54, 1.807) is 11.8 Å². The summed E-state index contributed by atoms with van der Waals surface area (Å²) in [6.07, 6.45) is 0.0937. The fourth-order valence-corrected chi connectivity index (χ4v) is 2.03. The van der Waals surface area contributed by atoms with Crippen molar-refractivity contribution in [1.29, 1.82) is 0 Å². The summed E-state index contributed by atoms with van der Waals surface area (Å²) in [5, 5.41) is 11.0. The van der Waals surface area contributed by atoms with Gasteiger partial charge in [-0.3, -0.25) is 14.9 Å². The normalized spacial score (nSPS) is 10.2. The van der Waals surface area contributed by atoms with Crippen molar-refractivity contribution in [1.82, 2.24) is 0 Å². The van der Waals surface area contributed by atoms with Gasteiger partial charge in [0, 0.05) is 13.1 Å². The number of carbonyl (C=O) groups is 1. The summed E-state index contributed by atoms with van der Waals surface area (Å²) in [6, 6.07) is 2.20. The lowest BCUT2D eigenvalue weighted by Crippen LogP contribution is -2.27. The average Bonchev–Trinajstić information content (AvgIpc) is 2.42. The third kappa shape index (κ3) is 3.89. The van der Waals surface area contributed by atoms with E-state index in [-0.39, 0.29) is 28.8 Å². The van der Waals surface area contributed by atoms with E-state index < -0.39 is 16.7 Å². The molecule has 0 fully saturated rings. The van der Waals surface area contributed by atoms with Gasteiger partial charge >= 0.3 is 5.97 Å². The number of esters is 1. The monoisotopic (exact) mass is 348 g/mol. The molecule has 110 valence electrons. The predicted molar refractivity (Wildman–Crippen MR) is 75.3 cm³/mol. The zero-order valence-electron chi connectivity index (χ0n) is 11.1. The summed E-state index contributed by atoms with van der Waals surface area (Å²) in [4.78, 5) is 23.1. The summed E-state index contributed by atoms with van der Waals surface area (Å²) in [5.41, 5.74) is -0.0768. The van der Waals surface area contributed by atoms with Gasteiger partial charge in [0.15, 0.2) is 0 Å². The van der Waals surface area contributed by atoms with Crippen LogP contribution in [0, 0.1) is 15.9 Å². The molecular formula is C12H14BrFN2O4. The summed E-state index contributed by atoms with van der Waals surface area (Å²) in [7, 11) is 1.27. The molecule has 0 saturated carbocycles. The van der Waals surface area contributed by atoms with Gasteiger partial charge in [0.2, 0.25) is 0 Å². The molecule has 0 saturated heterocycles. The highest BCUT2D eigenvalue weighted by Crippen LogP contribution is 2.33. The molecular weight excluding hydrogens is 335 g/mol. The van der Waals surface area contributed by atoms with Gasteiger partial charge in [0.1, 0.15) is 11.5 Å². The Labute approximate surface area is 123 Å². The molecule has 0 radical (unpaired) electrons. The number of rotatable bonds is 6. The molecule has 1 aromatic carbocycles. The number of halogens is 2. The second kappa shape index (κ2) is 7.18. The molecule has 0 aliphatic carbocycles. The SMILES string of the molecule is CCN(CCC(=O)OC)c1cc(Br)c(F)cc1[N+](=O)[O-]. The van der Waals surface area contributed by atoms with E-state index in [1.807, 2.05) is 0 Å². The standard InChI is InChI=1S/C12H14BrFN2O4/c1-3-15(5-4-12(17)20-2)10-6-8(13)9(14)7-11(10)16(18)19/h6-7H,3-5H2,1-2H3. The highest BCUT2D eigenvalue weighted by molar-refractivity contribution is 9.10. The lowest BCUT2D eigenvalue weighted by Gasteiger charge is -2.22. The van der Waals surface area contributed by atoms with Crippen LogP contribution in [0.5, 0.6) is 0 Å². The molecule has 6 nitrogen and oxygen atoms in total. The maximum atomic E-state index is 13.4. The van der Waals surface area contributed by atoms with Crippen LogP contribution in [0.25, 0.3) is 0 Å². The maximum absolute atomic E-state index is 13.4. The topological polar surface area (TPSA) is 72.7 Å². The highest BCUT2D eigenvalue weighted by Gasteiger charge is 2.22. The number of nitrogens with zero attached hydrogens (tertiary/aromatic N) is 2. The van der Waals surface area contributed by atoms with Crippen molar-refractivity contribution < 1.29 is 18.8 Å². The Morgan fingerprint density at radius 1 is 1.55 bits per heavy atom. The first-order chi connectivity index (χ1) is 9.40. The third-order valence-electron chi connectivity index (χ3n) is 2.75. The molecule has 1 aromatic rings. The van der Waals surface area contributed by atoms with Gasteiger partial charge in [-0.15, -0.1) is 0 Å². The fraction of sp³-hybridized carbons (Fsp3) is 0.417. The number of carbonyl (C=O) groups excluding carboxylic acids is 1. The van der Waals surface area contributed by atoms with Gasteiger partial charge in [0.05, 0.1) is 29.0 Å². The first-order valence-corrected chi connectivity index (χ1v) is 6.65. The van der Waals surface area contributed by atoms with Gasteiger partial charge in [-0.1, -0.05) is 0 Å². The van der Waals surface area contributed by atoms with Gasteiger partial charge in [-0.2, -0.15) is 0 Å². The maximum Gasteiger partial charge on any atom is 0.307 e. The molecule has 0 atom stereocenters. The van der Waals surface area contributed by atoms with Crippen LogP contribution in [0.2, 0.25) is 0 Å². The van der Waals surface area contributed by atoms with E-state index >= 15 is 0 Å². The molecule has 1 rings (SSSR count). The highest BCUT2D eigenvalue weighted by atomic mass is 79.9. The summed E-state index contributed by atoms with van der Waals surface area (Å²) < 4.78 is 18.1. The van der Waals surface area contributed by atoms with Crippen molar-refractivity contribution >= 4 is 33.3 Å². The minimum Gasteiger partial charge on any atom is -0.469 e. The Morgan fingerprint density at radius 2 is 2.20 bits per heavy atom. The number of nitro groups is 1. The largest absolute Gasteiger partial charge is 0.469 e. The van der Waals surface area contributed by atoms with Crippen LogP contribution < -0.4 is 4.90 Å². The van der Waals surface area contributed by atoms with Gasteiger partial charge in [-0.25, -0.2) is 4.39 Å². The molecule has 0 amide bonds. The molecule has 0 heterocycles. The Hall–Kier alpha value is -1.70. The molecule has 8 heteroatoms. The van der Waals surface area contributed by atoms with Crippen LogP contribution in [0.1, 0.15) is 13.3 Å². The van der Waals surface area contributed by atoms with Crippen molar-refractivity contribution in [3.63, 3.8) is 0 Å². The number of hydrogen-bond donors (Lipinski definition) is 0. The first kappa shape index (κ1) is 16.4. The number of ether oxygens (including phenoxy) is 1. The number of hydrogen-bond acceptors (Lipinski definition) is 5. The zero-order valence-corrected chi connectivity index (χ0v) is 12.6. The summed E-state index contributed by atoms with van der Waals surface area (Å²) >= 11 is 3.00. The Morgan fingerprint density at radius 3 is 2.70 bits per heavy atom. The minimum atomic E-state index is -0.704. The van der Waals surface area contributed by atoms with Crippen molar-refractivity contribution in [3.8, 4) is 0 Å². The smallest absolute Gasteiger partial charge is 0.307 e. The van der Waals surface area contributed by atoms with Crippen LogP contribution in [0.3, 0.4) is 0 Å². The molecule has 20 heavy (non-hydrogen) atoms. The number of anilines is 1. The van der Waals surface area contributed by atoms with Crippen molar-refractivity contribution in [3.05, 3.63) is 32.5 Å². The van der Waals surface area contributed by atoms with Crippen molar-refractivity contribution in [2.24, 2.45) is 0 Å². The third-order valence-corrected chi connectivity index (χ3v) is 3.36. The van der Waals surface area contributed by atoms with E-state index in [2.05, 4.69) is 20.7 Å². The molecule has 0 spiro atoms. The van der Waals surface area contributed by atoms with E-state index in [1.165, 1.54) is 13.2 Å². The first-order valence-electron chi connectivity index (χ1n) is 5.85. The minimum absolute atomic E-state index is 0.0937. The van der Waals surface area contributed by atoms with Crippen molar-refractivity contribution in [2.75, 3.05) is 25.1 Å². The molecule has 0 unspecified atom stereocenters. The number of nitro benzene ring substituents is 1. The molecule has 0 N–H and O–H groups in total. The van der Waals surface area contributed by atoms with Crippen LogP contribution in [-0.2, 0) is 9.53 Å². The van der Waals surface area contributed by atoms with Crippen LogP contribution in [-0.4, -0.2) is 31.1 Å². The second-order valence-corrected chi connectivity index (χ2v) is 4.77. The molecule has 0 aliphatic rings. The van der Waals surface area contributed by atoms with Crippen LogP contribution in [0.15, 0.2) is 16.6 Å². The fourth-order valence-electron chi connectivity index (χ4n) is 1.70. The lowest BCUT2D eigenvalue weighted by atomic mass is 10.2.